The van der Waals surface area contributed by atoms with E-state index in [1.807, 2.05) is 26.0 Å². The first kappa shape index (κ1) is 24.7. The average molecular weight is 486 g/mol. The number of amides is 1. The highest BCUT2D eigenvalue weighted by molar-refractivity contribution is 7.17. The zero-order valence-corrected chi connectivity index (χ0v) is 21.2. The van der Waals surface area contributed by atoms with Crippen LogP contribution >= 0.6 is 11.3 Å². The summed E-state index contributed by atoms with van der Waals surface area (Å²) in [5, 5.41) is 3.69. The fourth-order valence-electron chi connectivity index (χ4n) is 4.65. The van der Waals surface area contributed by atoms with Crippen molar-refractivity contribution in [2.75, 3.05) is 45.2 Å². The van der Waals surface area contributed by atoms with Crippen molar-refractivity contribution in [3.05, 3.63) is 45.8 Å². The summed E-state index contributed by atoms with van der Waals surface area (Å²) >= 11 is 1.54. The molecule has 0 bridgehead atoms. The number of carbonyl (C=O) groups excluding carboxylic acids is 2. The average Bonchev–Trinajstić information content (AvgIpc) is 3.17. The molecule has 1 N–H and O–H groups in total. The van der Waals surface area contributed by atoms with Gasteiger partial charge in [-0.25, -0.2) is 4.79 Å². The number of esters is 1. The molecule has 1 aliphatic carbocycles. The lowest BCUT2D eigenvalue weighted by molar-refractivity contribution is -0.117. The highest BCUT2D eigenvalue weighted by Gasteiger charge is 2.28. The smallest absolute Gasteiger partial charge is 0.341 e. The minimum Gasteiger partial charge on any atom is -0.497 e. The Labute approximate surface area is 206 Å². The van der Waals surface area contributed by atoms with Crippen LogP contribution in [0.5, 0.6) is 5.75 Å². The van der Waals surface area contributed by atoms with Crippen LogP contribution in [0.15, 0.2) is 24.3 Å². The fraction of sp³-hybridized carbons (Fsp3) is 0.538. The summed E-state index contributed by atoms with van der Waals surface area (Å²) in [5.74, 6) is 0.481. The first-order valence-electron chi connectivity index (χ1n) is 12.2. The Kier molecular flexibility index (Phi) is 8.24. The van der Waals surface area contributed by atoms with Gasteiger partial charge in [-0.2, -0.15) is 0 Å². The second-order valence-corrected chi connectivity index (χ2v) is 10.4. The van der Waals surface area contributed by atoms with E-state index >= 15 is 0 Å². The molecule has 2 heterocycles. The lowest BCUT2D eigenvalue weighted by Crippen LogP contribution is -2.48. The molecule has 34 heavy (non-hydrogen) atoms. The molecule has 2 aliphatic rings. The lowest BCUT2D eigenvalue weighted by Gasteiger charge is -2.34. The van der Waals surface area contributed by atoms with Gasteiger partial charge in [-0.05, 0) is 62.8 Å². The third-order valence-electron chi connectivity index (χ3n) is 6.34. The van der Waals surface area contributed by atoms with Crippen LogP contribution in [-0.2, 0) is 28.9 Å². The SMILES string of the molecule is COc1cccc(CN2CCN(CC(=O)Nc3sc4c(c3C(=O)OC(C)C)CCCC4)CC2)c1. The highest BCUT2D eigenvalue weighted by atomic mass is 32.1. The van der Waals surface area contributed by atoms with Gasteiger partial charge in [-0.1, -0.05) is 12.1 Å². The third kappa shape index (κ3) is 6.17. The Balaban J connectivity index is 1.33. The number of hydrogen-bond acceptors (Lipinski definition) is 7. The first-order valence-corrected chi connectivity index (χ1v) is 13.0. The largest absolute Gasteiger partial charge is 0.497 e. The lowest BCUT2D eigenvalue weighted by atomic mass is 9.95. The summed E-state index contributed by atoms with van der Waals surface area (Å²) in [6.07, 6.45) is 3.84. The molecule has 8 heteroatoms. The summed E-state index contributed by atoms with van der Waals surface area (Å²) in [5.41, 5.74) is 2.88. The van der Waals surface area contributed by atoms with E-state index in [0.717, 1.165) is 69.7 Å². The molecule has 2 aromatic rings. The van der Waals surface area contributed by atoms with Gasteiger partial charge in [0, 0.05) is 37.6 Å². The van der Waals surface area contributed by atoms with Crippen molar-refractivity contribution >= 4 is 28.2 Å². The van der Waals surface area contributed by atoms with Gasteiger partial charge in [0.05, 0.1) is 25.3 Å². The van der Waals surface area contributed by atoms with Crippen molar-refractivity contribution in [2.24, 2.45) is 0 Å². The molecule has 1 aromatic heterocycles. The number of nitrogens with one attached hydrogen (secondary N) is 1. The van der Waals surface area contributed by atoms with Crippen molar-refractivity contribution in [3.8, 4) is 5.75 Å². The van der Waals surface area contributed by atoms with E-state index in [-0.39, 0.29) is 18.0 Å². The van der Waals surface area contributed by atoms with Crippen LogP contribution in [-0.4, -0.2) is 67.6 Å². The number of aryl methyl sites for hydroxylation is 1. The molecule has 1 fully saturated rings. The van der Waals surface area contributed by atoms with Gasteiger partial charge in [0.25, 0.3) is 0 Å². The molecule has 0 spiro atoms. The zero-order valence-electron chi connectivity index (χ0n) is 20.4. The predicted molar refractivity (Wildman–Crippen MR) is 135 cm³/mol. The zero-order chi connectivity index (χ0) is 24.1. The Morgan fingerprint density at radius 1 is 1.09 bits per heavy atom. The number of ether oxygens (including phenoxy) is 2. The number of piperazine rings is 1. The van der Waals surface area contributed by atoms with Crippen LogP contribution in [0, 0.1) is 0 Å². The van der Waals surface area contributed by atoms with Crippen LogP contribution in [0.25, 0.3) is 0 Å². The van der Waals surface area contributed by atoms with E-state index < -0.39 is 0 Å². The predicted octanol–water partition coefficient (Wildman–Crippen LogP) is 3.96. The topological polar surface area (TPSA) is 71.1 Å². The van der Waals surface area contributed by atoms with Crippen molar-refractivity contribution in [3.63, 3.8) is 0 Å². The minimum atomic E-state index is -0.323. The molecule has 1 amide bonds. The van der Waals surface area contributed by atoms with Crippen molar-refractivity contribution in [2.45, 2.75) is 52.2 Å². The Bertz CT molecular complexity index is 1010. The fourth-order valence-corrected chi connectivity index (χ4v) is 5.94. The molecule has 0 saturated carbocycles. The maximum absolute atomic E-state index is 12.9. The van der Waals surface area contributed by atoms with Crippen molar-refractivity contribution < 1.29 is 19.1 Å². The quantitative estimate of drug-likeness (QED) is 0.571. The third-order valence-corrected chi connectivity index (χ3v) is 7.55. The number of nitrogens with zero attached hydrogens (tertiary/aromatic N) is 2. The molecule has 184 valence electrons. The maximum Gasteiger partial charge on any atom is 0.341 e. The second-order valence-electron chi connectivity index (χ2n) is 9.32. The second kappa shape index (κ2) is 11.3. The number of anilines is 1. The van der Waals surface area contributed by atoms with Gasteiger partial charge in [0.1, 0.15) is 10.8 Å². The minimum absolute atomic E-state index is 0.0709. The van der Waals surface area contributed by atoms with Crippen molar-refractivity contribution in [1.82, 2.24) is 9.80 Å². The standard InChI is InChI=1S/C26H35N3O4S/c1-18(2)33-26(31)24-21-9-4-5-10-22(21)34-25(24)27-23(30)17-29-13-11-28(12-14-29)16-19-7-6-8-20(15-19)32-3/h6-8,15,18H,4-5,9-14,16-17H2,1-3H3,(H,27,30). The molecule has 1 aromatic carbocycles. The summed E-state index contributed by atoms with van der Waals surface area (Å²) in [7, 11) is 1.69. The molecule has 0 unspecified atom stereocenters. The molecule has 7 nitrogen and oxygen atoms in total. The number of benzene rings is 1. The van der Waals surface area contributed by atoms with Crippen LogP contribution in [0.4, 0.5) is 5.00 Å². The van der Waals surface area contributed by atoms with Crippen LogP contribution in [0.1, 0.15) is 53.1 Å². The number of carbonyl (C=O) groups is 2. The molecule has 0 atom stereocenters. The molecule has 1 aliphatic heterocycles. The highest BCUT2D eigenvalue weighted by Crippen LogP contribution is 2.38. The van der Waals surface area contributed by atoms with Gasteiger partial charge in [0.15, 0.2) is 0 Å². The molecule has 0 radical (unpaired) electrons. The van der Waals surface area contributed by atoms with E-state index in [0.29, 0.717) is 17.1 Å². The maximum atomic E-state index is 12.9. The van der Waals surface area contributed by atoms with Gasteiger partial charge in [-0.3, -0.25) is 14.6 Å². The van der Waals surface area contributed by atoms with E-state index in [1.54, 1.807) is 18.4 Å². The summed E-state index contributed by atoms with van der Waals surface area (Å²) in [6.45, 7) is 8.38. The molecule has 1 saturated heterocycles. The summed E-state index contributed by atoms with van der Waals surface area (Å²) < 4.78 is 10.8. The number of thiophene rings is 1. The normalized spacial score (nSPS) is 16.8. The summed E-state index contributed by atoms with van der Waals surface area (Å²) in [4.78, 5) is 31.5. The monoisotopic (exact) mass is 485 g/mol. The molecule has 4 rings (SSSR count). The van der Waals surface area contributed by atoms with E-state index in [4.69, 9.17) is 9.47 Å². The Morgan fingerprint density at radius 2 is 1.82 bits per heavy atom. The van der Waals surface area contributed by atoms with Gasteiger partial charge in [0.2, 0.25) is 5.91 Å². The van der Waals surface area contributed by atoms with E-state index in [1.165, 1.54) is 10.4 Å². The number of fused-ring (bicyclic) bond motifs is 1. The van der Waals surface area contributed by atoms with Crippen LogP contribution < -0.4 is 10.1 Å². The summed E-state index contributed by atoms with van der Waals surface area (Å²) in [6, 6.07) is 8.16. The number of rotatable bonds is 8. The van der Waals surface area contributed by atoms with Gasteiger partial charge >= 0.3 is 5.97 Å². The van der Waals surface area contributed by atoms with E-state index in [2.05, 4.69) is 27.2 Å². The van der Waals surface area contributed by atoms with Crippen LogP contribution in [0.3, 0.4) is 0 Å². The van der Waals surface area contributed by atoms with Gasteiger partial charge in [-0.15, -0.1) is 11.3 Å². The first-order chi connectivity index (χ1) is 16.4. The molecular formula is C26H35N3O4S. The van der Waals surface area contributed by atoms with E-state index in [9.17, 15) is 9.59 Å². The number of methoxy groups -OCH3 is 1. The van der Waals surface area contributed by atoms with Gasteiger partial charge < -0.3 is 14.8 Å². The van der Waals surface area contributed by atoms with Crippen molar-refractivity contribution in [1.29, 1.82) is 0 Å². The molecular weight excluding hydrogens is 450 g/mol. The Morgan fingerprint density at radius 3 is 2.56 bits per heavy atom. The number of hydrogen-bond donors (Lipinski definition) is 1. The van der Waals surface area contributed by atoms with Crippen LogP contribution in [0.2, 0.25) is 0 Å². The Hall–Kier alpha value is -2.42.